The number of hydrogen-bond acceptors (Lipinski definition) is 8. The van der Waals surface area contributed by atoms with Crippen LogP contribution in [0.1, 0.15) is 0 Å². The van der Waals surface area contributed by atoms with E-state index in [9.17, 15) is 28.7 Å². The molecule has 0 radical (unpaired) electrons. The Morgan fingerprint density at radius 2 is 1.27 bits per heavy atom. The molecule has 1 aromatic carbocycles. The molecule has 0 aliphatic rings. The van der Waals surface area contributed by atoms with Crippen molar-refractivity contribution >= 4 is 43.2 Å². The minimum absolute atomic E-state index is 0. The first-order valence-electron chi connectivity index (χ1n) is 4.58. The summed E-state index contributed by atoms with van der Waals surface area (Å²) in [4.78, 5) is 43.5. The molecule has 0 bridgehead atoms. The van der Waals surface area contributed by atoms with Crippen LogP contribution < -0.4 is 154 Å². The van der Waals surface area contributed by atoms with Crippen LogP contribution in [0.3, 0.4) is 0 Å². The van der Waals surface area contributed by atoms with Crippen LogP contribution in [-0.4, -0.2) is 12.1 Å². The van der Waals surface area contributed by atoms with Gasteiger partial charge in [0.1, 0.15) is 0 Å². The van der Waals surface area contributed by atoms with Gasteiger partial charge in [0.05, 0.1) is 5.88 Å². The molecule has 0 aliphatic heterocycles. The maximum atomic E-state index is 10.9. The Morgan fingerprint density at radius 1 is 0.909 bits per heavy atom. The monoisotopic (exact) mass is 401 g/mol. The van der Waals surface area contributed by atoms with E-state index in [2.05, 4.69) is 5.32 Å². The molecule has 1 N–H and O–H groups in total. The van der Waals surface area contributed by atoms with Crippen LogP contribution in [0.4, 0.5) is 5.69 Å². The van der Waals surface area contributed by atoms with Gasteiger partial charge in [-0.1, -0.05) is 0 Å². The van der Waals surface area contributed by atoms with Crippen molar-refractivity contribution in [2.75, 3.05) is 17.4 Å². The Kier molecular flexibility index (Phi) is 22.2. The number of hydrogen-bond donors (Lipinski definition) is 1. The summed E-state index contributed by atoms with van der Waals surface area (Å²) in [6.45, 7) is 0. The summed E-state index contributed by atoms with van der Waals surface area (Å²) >= 11 is 1.36. The molecule has 14 heteroatoms. The van der Waals surface area contributed by atoms with Crippen LogP contribution in [0.5, 0.6) is 0 Å². The van der Waals surface area contributed by atoms with Gasteiger partial charge in [-0.2, -0.15) is 0 Å². The van der Waals surface area contributed by atoms with Gasteiger partial charge in [-0.15, -0.1) is 11.8 Å². The van der Waals surface area contributed by atoms with Crippen molar-refractivity contribution in [1.82, 2.24) is 0 Å². The molecule has 0 saturated heterocycles. The smallest absolute Gasteiger partial charge is 0.807 e. The fourth-order valence-corrected chi connectivity index (χ4v) is 2.77. The molecular weight excluding hydrogens is 392 g/mol. The van der Waals surface area contributed by atoms with Crippen LogP contribution in [-0.2, 0) is 9.13 Å². The zero-order valence-electron chi connectivity index (χ0n) is 13.2. The molecular formula is C8H9NNa4O6P2S. The van der Waals surface area contributed by atoms with Crippen molar-refractivity contribution in [2.45, 2.75) is 0 Å². The Labute approximate surface area is 222 Å². The molecule has 1 rings (SSSR count). The van der Waals surface area contributed by atoms with Crippen molar-refractivity contribution in [3.63, 3.8) is 0 Å². The topological polar surface area (TPSA) is 138 Å². The number of rotatable bonds is 5. The first-order valence-corrected chi connectivity index (χ1v) is 9.05. The van der Waals surface area contributed by atoms with E-state index in [1.807, 2.05) is 0 Å². The van der Waals surface area contributed by atoms with Crippen molar-refractivity contribution < 1.29 is 147 Å². The maximum absolute atomic E-state index is 10.9. The first kappa shape index (κ1) is 33.3. The Morgan fingerprint density at radius 3 is 1.55 bits per heavy atom. The molecule has 0 spiro atoms. The number of anilines is 1. The van der Waals surface area contributed by atoms with E-state index in [0.717, 1.165) is 12.1 Å². The second kappa shape index (κ2) is 14.7. The van der Waals surface area contributed by atoms with Crippen molar-refractivity contribution in [1.29, 1.82) is 0 Å². The minimum atomic E-state index is -5.12. The molecule has 0 heterocycles. The van der Waals surface area contributed by atoms with E-state index < -0.39 is 25.8 Å². The molecule has 0 aromatic heterocycles. The van der Waals surface area contributed by atoms with Crippen LogP contribution in [0.2, 0.25) is 0 Å². The Bertz CT molecular complexity index is 499. The predicted molar refractivity (Wildman–Crippen MR) is 62.9 cm³/mol. The fourth-order valence-electron chi connectivity index (χ4n) is 1.17. The number of benzene rings is 1. The third-order valence-corrected chi connectivity index (χ3v) is 4.17. The molecule has 0 saturated carbocycles. The zero-order chi connectivity index (χ0) is 14.0. The van der Waals surface area contributed by atoms with E-state index >= 15 is 0 Å². The van der Waals surface area contributed by atoms with Crippen molar-refractivity contribution in [3.8, 4) is 0 Å². The quantitative estimate of drug-likeness (QED) is 0.292. The van der Waals surface area contributed by atoms with Gasteiger partial charge in [0.15, 0.2) is 0 Å². The fraction of sp³-hybridized carbons (Fsp3) is 0.250. The molecule has 0 aliphatic carbocycles. The zero-order valence-corrected chi connectivity index (χ0v) is 23.8. The average Bonchev–Trinajstić information content (AvgIpc) is 2.23. The summed E-state index contributed by atoms with van der Waals surface area (Å²) in [5.41, 5.74) is 0.0932. The van der Waals surface area contributed by atoms with E-state index in [-0.39, 0.29) is 124 Å². The first-order chi connectivity index (χ1) is 8.14. The Hall–Kier alpha value is 3.67. The van der Waals surface area contributed by atoms with Gasteiger partial charge in [-0.25, -0.2) is 0 Å². The number of thioether (sulfide) groups is 1. The van der Waals surface area contributed by atoms with Gasteiger partial charge < -0.3 is 34.0 Å². The summed E-state index contributed by atoms with van der Waals surface area (Å²) in [5.74, 6) is 0.368. The molecule has 7 nitrogen and oxygen atoms in total. The Balaban J connectivity index is -0.000000405. The van der Waals surface area contributed by atoms with Gasteiger partial charge in [0.2, 0.25) is 0 Å². The van der Waals surface area contributed by atoms with Crippen LogP contribution in [0.25, 0.3) is 0 Å². The molecule has 0 fully saturated rings. The summed E-state index contributed by atoms with van der Waals surface area (Å²) in [5, 5.41) is 1.23. The SMILES string of the molecule is CSCNc1cc(P(=O)([O-])[O-])cc(P(=O)([O-])[O-])c1.[Na+].[Na+].[Na+].[Na+]. The van der Waals surface area contributed by atoms with Gasteiger partial charge in [0, 0.05) is 5.69 Å². The van der Waals surface area contributed by atoms with E-state index in [0.29, 0.717) is 11.9 Å². The van der Waals surface area contributed by atoms with Gasteiger partial charge in [0.25, 0.3) is 0 Å². The summed E-state index contributed by atoms with van der Waals surface area (Å²) in [6, 6.07) is 2.57. The summed E-state index contributed by atoms with van der Waals surface area (Å²) in [7, 11) is -10.2. The largest absolute Gasteiger partial charge is 1.00 e. The molecule has 1 aromatic rings. The minimum Gasteiger partial charge on any atom is -0.807 e. The van der Waals surface area contributed by atoms with Crippen LogP contribution in [0.15, 0.2) is 18.2 Å². The summed E-state index contributed by atoms with van der Waals surface area (Å²) < 4.78 is 21.8. The molecule has 0 amide bonds. The standard InChI is InChI=1S/C8H13NO6P2S.4Na/c1-18-5-9-6-2-7(16(10,11)12)4-8(3-6)17(13,14)15;;;;/h2-4,9H,5H2,1H3,(H2,10,11,12)(H2,13,14,15);;;;/q;4*+1/p-4. The third-order valence-electron chi connectivity index (χ3n) is 1.96. The molecule has 102 valence electrons. The van der Waals surface area contributed by atoms with Crippen LogP contribution >= 0.6 is 27.0 Å². The van der Waals surface area contributed by atoms with E-state index in [1.165, 1.54) is 11.8 Å². The van der Waals surface area contributed by atoms with Gasteiger partial charge >= 0.3 is 118 Å². The average molecular weight is 401 g/mol. The van der Waals surface area contributed by atoms with E-state index in [4.69, 9.17) is 0 Å². The van der Waals surface area contributed by atoms with Crippen molar-refractivity contribution in [3.05, 3.63) is 18.2 Å². The predicted octanol–water partition coefficient (Wildman–Crippen LogP) is -14.5. The molecule has 0 atom stereocenters. The number of nitrogens with one attached hydrogen (secondary N) is 1. The van der Waals surface area contributed by atoms with Gasteiger partial charge in [-0.3, -0.25) is 0 Å². The molecule has 22 heavy (non-hydrogen) atoms. The molecule has 0 unspecified atom stereocenters. The second-order valence-corrected chi connectivity index (χ2v) is 7.23. The van der Waals surface area contributed by atoms with Crippen molar-refractivity contribution in [2.24, 2.45) is 0 Å². The van der Waals surface area contributed by atoms with Gasteiger partial charge in [-0.05, 0) is 50.3 Å². The maximum Gasteiger partial charge on any atom is 1.00 e. The third kappa shape index (κ3) is 12.1. The summed E-state index contributed by atoms with van der Waals surface area (Å²) in [6.07, 6.45) is 1.76. The van der Waals surface area contributed by atoms with E-state index in [1.54, 1.807) is 6.26 Å². The second-order valence-electron chi connectivity index (χ2n) is 3.34. The normalized spacial score (nSPS) is 10.2. The van der Waals surface area contributed by atoms with Crippen LogP contribution in [0, 0.1) is 0 Å².